The number of likely N-dealkylation sites (tertiary alicyclic amines) is 1. The smallest absolute Gasteiger partial charge is 0.253 e. The highest BCUT2D eigenvalue weighted by molar-refractivity contribution is 5.94. The molecule has 0 aliphatic carbocycles. The van der Waals surface area contributed by atoms with Gasteiger partial charge in [-0.1, -0.05) is 0 Å². The molecule has 1 spiro atoms. The highest BCUT2D eigenvalue weighted by atomic mass is 16.5. The van der Waals surface area contributed by atoms with E-state index in [1.165, 1.54) is 0 Å². The van der Waals surface area contributed by atoms with E-state index in [2.05, 4.69) is 5.32 Å². The standard InChI is InChI=1S/C21H25N3O4/c1-15-19(25)24(14-18-4-3-13-28-18)21(22-15)9-11-23(12-10-21)20(26)16-5-7-17(27-2)8-6-16/h3-8,13,15,22H,9-12,14H2,1-2H3/t15-/m1/s1. The van der Waals surface area contributed by atoms with Gasteiger partial charge in [0.15, 0.2) is 0 Å². The third-order valence-electron chi connectivity index (χ3n) is 5.75. The number of furan rings is 1. The van der Waals surface area contributed by atoms with Crippen molar-refractivity contribution in [3.63, 3.8) is 0 Å². The summed E-state index contributed by atoms with van der Waals surface area (Å²) in [6.45, 7) is 3.51. The second-order valence-electron chi connectivity index (χ2n) is 7.42. The topological polar surface area (TPSA) is 75.0 Å². The summed E-state index contributed by atoms with van der Waals surface area (Å²) < 4.78 is 10.6. The Labute approximate surface area is 164 Å². The molecule has 28 heavy (non-hydrogen) atoms. The van der Waals surface area contributed by atoms with Crippen LogP contribution >= 0.6 is 0 Å². The predicted octanol–water partition coefficient (Wildman–Crippen LogP) is 2.24. The fourth-order valence-corrected chi connectivity index (χ4v) is 4.19. The average Bonchev–Trinajstić information content (AvgIpc) is 3.31. The number of benzene rings is 1. The van der Waals surface area contributed by atoms with Crippen LogP contribution in [-0.2, 0) is 11.3 Å². The minimum Gasteiger partial charge on any atom is -0.497 e. The van der Waals surface area contributed by atoms with E-state index in [0.29, 0.717) is 38.0 Å². The van der Waals surface area contributed by atoms with Gasteiger partial charge < -0.3 is 19.0 Å². The van der Waals surface area contributed by atoms with Gasteiger partial charge in [-0.2, -0.15) is 0 Å². The molecule has 1 atom stereocenters. The second kappa shape index (κ2) is 7.31. The zero-order valence-corrected chi connectivity index (χ0v) is 16.2. The zero-order chi connectivity index (χ0) is 19.7. The largest absolute Gasteiger partial charge is 0.497 e. The van der Waals surface area contributed by atoms with Crippen LogP contribution in [0.4, 0.5) is 0 Å². The first-order valence-corrected chi connectivity index (χ1v) is 9.57. The van der Waals surface area contributed by atoms with E-state index in [1.807, 2.05) is 28.9 Å². The molecule has 1 N–H and O–H groups in total. The Balaban J connectivity index is 1.46. The molecular weight excluding hydrogens is 358 g/mol. The lowest BCUT2D eigenvalue weighted by molar-refractivity contribution is -0.134. The number of amides is 2. The van der Waals surface area contributed by atoms with Crippen LogP contribution in [0.1, 0.15) is 35.9 Å². The number of hydrogen-bond donors (Lipinski definition) is 1. The number of nitrogens with zero attached hydrogens (tertiary/aromatic N) is 2. The second-order valence-corrected chi connectivity index (χ2v) is 7.42. The van der Waals surface area contributed by atoms with Crippen molar-refractivity contribution in [3.05, 3.63) is 54.0 Å². The predicted molar refractivity (Wildman–Crippen MR) is 103 cm³/mol. The van der Waals surface area contributed by atoms with Crippen molar-refractivity contribution in [2.75, 3.05) is 20.2 Å². The molecule has 0 saturated carbocycles. The summed E-state index contributed by atoms with van der Waals surface area (Å²) in [7, 11) is 1.60. The Morgan fingerprint density at radius 3 is 2.57 bits per heavy atom. The maximum atomic E-state index is 12.8. The first-order valence-electron chi connectivity index (χ1n) is 9.57. The van der Waals surface area contributed by atoms with Gasteiger partial charge in [-0.05, 0) is 43.3 Å². The molecule has 7 heteroatoms. The number of ether oxygens (including phenoxy) is 1. The van der Waals surface area contributed by atoms with Crippen molar-refractivity contribution < 1.29 is 18.7 Å². The van der Waals surface area contributed by atoms with Crippen molar-refractivity contribution >= 4 is 11.8 Å². The third-order valence-corrected chi connectivity index (χ3v) is 5.75. The van der Waals surface area contributed by atoms with E-state index >= 15 is 0 Å². The lowest BCUT2D eigenvalue weighted by Crippen LogP contribution is -2.59. The number of carbonyl (C=O) groups is 2. The number of hydrogen-bond acceptors (Lipinski definition) is 5. The summed E-state index contributed by atoms with van der Waals surface area (Å²) in [6.07, 6.45) is 2.99. The molecular formula is C21H25N3O4. The molecule has 2 aromatic rings. The minimum absolute atomic E-state index is 0.00691. The zero-order valence-electron chi connectivity index (χ0n) is 16.2. The molecule has 2 saturated heterocycles. The maximum Gasteiger partial charge on any atom is 0.253 e. The van der Waals surface area contributed by atoms with E-state index in [0.717, 1.165) is 11.5 Å². The van der Waals surface area contributed by atoms with Gasteiger partial charge in [0.1, 0.15) is 11.5 Å². The van der Waals surface area contributed by atoms with Gasteiger partial charge in [-0.15, -0.1) is 0 Å². The van der Waals surface area contributed by atoms with Gasteiger partial charge in [0, 0.05) is 31.5 Å². The number of carbonyl (C=O) groups excluding carboxylic acids is 2. The van der Waals surface area contributed by atoms with Gasteiger partial charge in [0.05, 0.1) is 31.6 Å². The highest BCUT2D eigenvalue weighted by Crippen LogP contribution is 2.34. The summed E-state index contributed by atoms with van der Waals surface area (Å²) in [4.78, 5) is 29.3. The lowest BCUT2D eigenvalue weighted by atomic mass is 9.95. The minimum atomic E-state index is -0.431. The van der Waals surface area contributed by atoms with Crippen LogP contribution in [0.5, 0.6) is 5.75 Å². The van der Waals surface area contributed by atoms with Crippen LogP contribution in [0.25, 0.3) is 0 Å². The van der Waals surface area contributed by atoms with Crippen molar-refractivity contribution in [1.82, 2.24) is 15.1 Å². The third kappa shape index (κ3) is 3.26. The SMILES string of the molecule is COc1ccc(C(=O)N2CCC3(CC2)N[C@H](C)C(=O)N3Cc2ccco2)cc1. The number of nitrogens with one attached hydrogen (secondary N) is 1. The van der Waals surface area contributed by atoms with Crippen LogP contribution in [0.3, 0.4) is 0 Å². The summed E-state index contributed by atoms with van der Waals surface area (Å²) in [5.41, 5.74) is 0.216. The van der Waals surface area contributed by atoms with E-state index in [-0.39, 0.29) is 17.9 Å². The van der Waals surface area contributed by atoms with Crippen molar-refractivity contribution in [2.24, 2.45) is 0 Å². The van der Waals surface area contributed by atoms with Crippen molar-refractivity contribution in [1.29, 1.82) is 0 Å². The summed E-state index contributed by atoms with van der Waals surface area (Å²) in [5.74, 6) is 1.57. The normalized spacial score (nSPS) is 21.4. The Morgan fingerprint density at radius 2 is 1.96 bits per heavy atom. The molecule has 0 radical (unpaired) electrons. The molecule has 7 nitrogen and oxygen atoms in total. The molecule has 4 rings (SSSR count). The summed E-state index contributed by atoms with van der Waals surface area (Å²) >= 11 is 0. The molecule has 2 amide bonds. The Hall–Kier alpha value is -2.80. The van der Waals surface area contributed by atoms with Crippen LogP contribution in [0.15, 0.2) is 47.1 Å². The molecule has 2 aliphatic rings. The highest BCUT2D eigenvalue weighted by Gasteiger charge is 2.50. The summed E-state index contributed by atoms with van der Waals surface area (Å²) in [5, 5.41) is 3.48. The number of rotatable bonds is 4. The molecule has 0 bridgehead atoms. The van der Waals surface area contributed by atoms with Crippen LogP contribution in [0, 0.1) is 0 Å². The van der Waals surface area contributed by atoms with Gasteiger partial charge in [-0.3, -0.25) is 14.9 Å². The van der Waals surface area contributed by atoms with Crippen molar-refractivity contribution in [3.8, 4) is 5.75 Å². The Kier molecular flexibility index (Phi) is 4.85. The van der Waals surface area contributed by atoms with E-state index < -0.39 is 5.66 Å². The van der Waals surface area contributed by atoms with Crippen molar-refractivity contribution in [2.45, 2.75) is 38.0 Å². The van der Waals surface area contributed by atoms with Gasteiger partial charge in [0.25, 0.3) is 5.91 Å². The first-order chi connectivity index (χ1) is 13.5. The van der Waals surface area contributed by atoms with Crippen LogP contribution in [0.2, 0.25) is 0 Å². The fraction of sp³-hybridized carbons (Fsp3) is 0.429. The molecule has 1 aromatic heterocycles. The van der Waals surface area contributed by atoms with Gasteiger partial charge in [-0.25, -0.2) is 0 Å². The molecule has 2 fully saturated rings. The van der Waals surface area contributed by atoms with Crippen LogP contribution in [-0.4, -0.2) is 53.5 Å². The quantitative estimate of drug-likeness (QED) is 0.876. The molecule has 3 heterocycles. The number of methoxy groups -OCH3 is 1. The van der Waals surface area contributed by atoms with E-state index in [9.17, 15) is 9.59 Å². The van der Waals surface area contributed by atoms with Crippen LogP contribution < -0.4 is 10.1 Å². The monoisotopic (exact) mass is 383 g/mol. The van der Waals surface area contributed by atoms with E-state index in [4.69, 9.17) is 9.15 Å². The molecule has 2 aliphatic heterocycles. The maximum absolute atomic E-state index is 12.8. The number of piperidine rings is 1. The average molecular weight is 383 g/mol. The van der Waals surface area contributed by atoms with Gasteiger partial charge in [0.2, 0.25) is 5.91 Å². The molecule has 148 valence electrons. The van der Waals surface area contributed by atoms with Gasteiger partial charge >= 0.3 is 0 Å². The summed E-state index contributed by atoms with van der Waals surface area (Å²) in [6, 6.07) is 10.6. The Bertz CT molecular complexity index is 839. The lowest BCUT2D eigenvalue weighted by Gasteiger charge is -2.44. The molecule has 0 unspecified atom stereocenters. The molecule has 1 aromatic carbocycles. The van der Waals surface area contributed by atoms with E-state index in [1.54, 1.807) is 37.6 Å². The first kappa shape index (κ1) is 18.6. The Morgan fingerprint density at radius 1 is 1.25 bits per heavy atom. The fourth-order valence-electron chi connectivity index (χ4n) is 4.19.